The van der Waals surface area contributed by atoms with Crippen LogP contribution in [0.5, 0.6) is 0 Å². The van der Waals surface area contributed by atoms with Crippen LogP contribution in [0.25, 0.3) is 0 Å². The van der Waals surface area contributed by atoms with Gasteiger partial charge in [0, 0.05) is 12.1 Å². The Hall–Kier alpha value is -0.120. The van der Waals surface area contributed by atoms with E-state index in [4.69, 9.17) is 10.5 Å². The Morgan fingerprint density at radius 3 is 3.00 bits per heavy atom. The van der Waals surface area contributed by atoms with Crippen molar-refractivity contribution in [3.8, 4) is 0 Å². The molecule has 0 aromatic rings. The molecule has 12 heavy (non-hydrogen) atoms. The molecule has 0 unspecified atom stereocenters. The van der Waals surface area contributed by atoms with Crippen molar-refractivity contribution < 1.29 is 4.74 Å². The minimum atomic E-state index is 0.294. The maximum Gasteiger partial charge on any atom is 0.0716 e. The van der Waals surface area contributed by atoms with Crippen molar-refractivity contribution in [1.82, 2.24) is 5.32 Å². The molecule has 3 nitrogen and oxygen atoms in total. The van der Waals surface area contributed by atoms with E-state index in [1.54, 1.807) is 0 Å². The summed E-state index contributed by atoms with van der Waals surface area (Å²) in [5, 5.41) is 3.58. The molecule has 2 rings (SSSR count). The highest BCUT2D eigenvalue weighted by Gasteiger charge is 2.39. The van der Waals surface area contributed by atoms with Crippen LogP contribution in [0.3, 0.4) is 0 Å². The van der Waals surface area contributed by atoms with Crippen molar-refractivity contribution in [2.45, 2.75) is 37.3 Å². The van der Waals surface area contributed by atoms with Crippen LogP contribution in [-0.2, 0) is 4.74 Å². The first-order valence-corrected chi connectivity index (χ1v) is 4.91. The number of nitrogens with two attached hydrogens (primary N) is 1. The molecule has 2 fully saturated rings. The molecule has 0 aromatic carbocycles. The Labute approximate surface area is 73.7 Å². The van der Waals surface area contributed by atoms with Crippen molar-refractivity contribution in [2.24, 2.45) is 5.73 Å². The Bertz CT molecular complexity index is 155. The lowest BCUT2D eigenvalue weighted by molar-refractivity contribution is 0.101. The average molecular weight is 170 g/mol. The van der Waals surface area contributed by atoms with E-state index in [2.05, 4.69) is 5.32 Å². The summed E-state index contributed by atoms with van der Waals surface area (Å²) in [5.41, 5.74) is 5.86. The molecule has 2 atom stereocenters. The third-order valence-corrected chi connectivity index (χ3v) is 3.06. The van der Waals surface area contributed by atoms with Crippen LogP contribution in [0, 0.1) is 0 Å². The average Bonchev–Trinajstić information content (AvgIpc) is 2.50. The summed E-state index contributed by atoms with van der Waals surface area (Å²) in [6.07, 6.45) is 5.34. The topological polar surface area (TPSA) is 47.3 Å². The summed E-state index contributed by atoms with van der Waals surface area (Å²) in [4.78, 5) is 0. The predicted molar refractivity (Wildman–Crippen MR) is 48.0 cm³/mol. The van der Waals surface area contributed by atoms with Crippen LogP contribution in [0.15, 0.2) is 0 Å². The third kappa shape index (κ3) is 1.49. The van der Waals surface area contributed by atoms with Gasteiger partial charge in [0.15, 0.2) is 0 Å². The van der Waals surface area contributed by atoms with Crippen LogP contribution in [0.1, 0.15) is 25.7 Å². The normalized spacial score (nSPS) is 42.2. The highest BCUT2D eigenvalue weighted by molar-refractivity contribution is 4.97. The van der Waals surface area contributed by atoms with Crippen LogP contribution >= 0.6 is 0 Å². The van der Waals surface area contributed by atoms with Crippen LogP contribution in [0.2, 0.25) is 0 Å². The van der Waals surface area contributed by atoms with E-state index in [-0.39, 0.29) is 0 Å². The molecule has 2 aliphatic heterocycles. The predicted octanol–water partition coefficient (Wildman–Crippen LogP) is 0.246. The largest absolute Gasteiger partial charge is 0.375 e. The summed E-state index contributed by atoms with van der Waals surface area (Å²) >= 11 is 0. The SMILES string of the molecule is NC[C@@H]1C[C@]2(CCCCN2)CO1. The number of rotatable bonds is 1. The Morgan fingerprint density at radius 1 is 1.50 bits per heavy atom. The fraction of sp³-hybridized carbons (Fsp3) is 1.00. The summed E-state index contributed by atoms with van der Waals surface area (Å²) in [6.45, 7) is 2.69. The fourth-order valence-electron chi connectivity index (χ4n) is 2.31. The van der Waals surface area contributed by atoms with Gasteiger partial charge in [-0.2, -0.15) is 0 Å². The smallest absolute Gasteiger partial charge is 0.0716 e. The highest BCUT2D eigenvalue weighted by Crippen LogP contribution is 2.30. The van der Waals surface area contributed by atoms with E-state index in [0.29, 0.717) is 18.2 Å². The fourth-order valence-corrected chi connectivity index (χ4v) is 2.31. The van der Waals surface area contributed by atoms with Gasteiger partial charge in [0.1, 0.15) is 0 Å². The van der Waals surface area contributed by atoms with Gasteiger partial charge in [-0.05, 0) is 25.8 Å². The molecule has 1 spiro atoms. The molecule has 0 amide bonds. The number of hydrogen-bond acceptors (Lipinski definition) is 3. The zero-order valence-corrected chi connectivity index (χ0v) is 7.51. The molecule has 3 heteroatoms. The maximum absolute atomic E-state index is 5.61. The van der Waals surface area contributed by atoms with Gasteiger partial charge >= 0.3 is 0 Å². The Kier molecular flexibility index (Phi) is 2.35. The number of piperidine rings is 1. The highest BCUT2D eigenvalue weighted by atomic mass is 16.5. The number of hydrogen-bond donors (Lipinski definition) is 2. The van der Waals surface area contributed by atoms with Crippen molar-refractivity contribution in [3.05, 3.63) is 0 Å². The first kappa shape index (κ1) is 8.48. The van der Waals surface area contributed by atoms with Gasteiger partial charge < -0.3 is 15.8 Å². The lowest BCUT2D eigenvalue weighted by Gasteiger charge is -2.33. The number of ether oxygens (including phenoxy) is 1. The zero-order valence-electron chi connectivity index (χ0n) is 7.51. The molecule has 0 saturated carbocycles. The van der Waals surface area contributed by atoms with E-state index < -0.39 is 0 Å². The monoisotopic (exact) mass is 170 g/mol. The first-order valence-electron chi connectivity index (χ1n) is 4.91. The van der Waals surface area contributed by atoms with Gasteiger partial charge in [-0.1, -0.05) is 6.42 Å². The van der Waals surface area contributed by atoms with E-state index in [1.165, 1.54) is 19.3 Å². The van der Waals surface area contributed by atoms with E-state index in [0.717, 1.165) is 19.6 Å². The van der Waals surface area contributed by atoms with Crippen molar-refractivity contribution >= 4 is 0 Å². The zero-order chi connectivity index (χ0) is 8.44. The van der Waals surface area contributed by atoms with Gasteiger partial charge in [0.25, 0.3) is 0 Å². The summed E-state index contributed by atoms with van der Waals surface area (Å²) in [7, 11) is 0. The van der Waals surface area contributed by atoms with Crippen LogP contribution < -0.4 is 11.1 Å². The molecule has 0 aliphatic carbocycles. The minimum Gasteiger partial charge on any atom is -0.375 e. The van der Waals surface area contributed by atoms with E-state index in [1.807, 2.05) is 0 Å². The molecule has 2 heterocycles. The van der Waals surface area contributed by atoms with Gasteiger partial charge in [-0.3, -0.25) is 0 Å². The van der Waals surface area contributed by atoms with E-state index >= 15 is 0 Å². The maximum atomic E-state index is 5.61. The first-order chi connectivity index (χ1) is 5.85. The molecule has 0 bridgehead atoms. The van der Waals surface area contributed by atoms with Gasteiger partial charge in [-0.25, -0.2) is 0 Å². The molecule has 3 N–H and O–H groups in total. The molecule has 2 aliphatic rings. The molecule has 2 saturated heterocycles. The van der Waals surface area contributed by atoms with Crippen molar-refractivity contribution in [3.63, 3.8) is 0 Å². The third-order valence-electron chi connectivity index (χ3n) is 3.06. The van der Waals surface area contributed by atoms with Gasteiger partial charge in [0.2, 0.25) is 0 Å². The standard InChI is InChI=1S/C9H18N2O/c10-6-8-5-9(7-12-8)3-1-2-4-11-9/h8,11H,1-7,10H2/t8-,9+/m0/s1. The molecule has 0 radical (unpaired) electrons. The van der Waals surface area contributed by atoms with E-state index in [9.17, 15) is 0 Å². The van der Waals surface area contributed by atoms with Crippen molar-refractivity contribution in [1.29, 1.82) is 0 Å². The second-order valence-corrected chi connectivity index (χ2v) is 4.04. The number of nitrogens with one attached hydrogen (secondary N) is 1. The van der Waals surface area contributed by atoms with Crippen LogP contribution in [0.4, 0.5) is 0 Å². The lowest BCUT2D eigenvalue weighted by Crippen LogP contribution is -2.49. The van der Waals surface area contributed by atoms with Crippen LogP contribution in [-0.4, -0.2) is 31.3 Å². The quantitative estimate of drug-likeness (QED) is 0.593. The summed E-state index contributed by atoms with van der Waals surface area (Å²) < 4.78 is 5.61. The molecule has 0 aromatic heterocycles. The second kappa shape index (κ2) is 3.32. The van der Waals surface area contributed by atoms with Gasteiger partial charge in [-0.15, -0.1) is 0 Å². The van der Waals surface area contributed by atoms with Gasteiger partial charge in [0.05, 0.1) is 12.7 Å². The summed E-state index contributed by atoms with van der Waals surface area (Å²) in [5.74, 6) is 0. The Morgan fingerprint density at radius 2 is 2.42 bits per heavy atom. The molecular weight excluding hydrogens is 152 g/mol. The second-order valence-electron chi connectivity index (χ2n) is 4.04. The summed E-state index contributed by atoms with van der Waals surface area (Å²) in [6, 6.07) is 0. The molecule has 70 valence electrons. The lowest BCUT2D eigenvalue weighted by atomic mass is 9.87. The minimum absolute atomic E-state index is 0.294. The Balaban J connectivity index is 1.94. The van der Waals surface area contributed by atoms with Crippen molar-refractivity contribution in [2.75, 3.05) is 19.7 Å². The molecular formula is C9H18N2O.